The summed E-state index contributed by atoms with van der Waals surface area (Å²) in [6, 6.07) is 51.5. The number of nitrogens with one attached hydrogen (secondary N) is 1. The Balaban J connectivity index is 1.20. The highest BCUT2D eigenvalue weighted by Gasteiger charge is 2.36. The van der Waals surface area contributed by atoms with Crippen molar-refractivity contribution in [3.05, 3.63) is 173 Å². The minimum absolute atomic E-state index is 0.0457. The molecule has 224 valence electrons. The van der Waals surface area contributed by atoms with Crippen molar-refractivity contribution < 1.29 is 0 Å². The molecule has 1 aliphatic rings. The average Bonchev–Trinajstić information content (AvgIpc) is 3.54. The van der Waals surface area contributed by atoms with Gasteiger partial charge in [-0.1, -0.05) is 129 Å². The third kappa shape index (κ3) is 4.70. The minimum atomic E-state index is -0.468. The van der Waals surface area contributed by atoms with Crippen LogP contribution < -0.4 is 11.1 Å². The van der Waals surface area contributed by atoms with E-state index in [-0.39, 0.29) is 5.41 Å². The van der Waals surface area contributed by atoms with Crippen LogP contribution in [0.2, 0.25) is 0 Å². The number of benzene rings is 6. The zero-order chi connectivity index (χ0) is 31.3. The molecular weight excluding hydrogens is 560 g/mol. The third-order valence-electron chi connectivity index (χ3n) is 9.46. The van der Waals surface area contributed by atoms with Crippen LogP contribution in [0.1, 0.15) is 47.8 Å². The Hall–Kier alpha value is -5.45. The first-order chi connectivity index (χ1) is 22.5. The van der Waals surface area contributed by atoms with Crippen molar-refractivity contribution in [2.75, 3.05) is 0 Å². The molecular formula is C42H36N4. The zero-order valence-electron chi connectivity index (χ0n) is 26.1. The van der Waals surface area contributed by atoms with E-state index in [1.807, 2.05) is 48.5 Å². The summed E-state index contributed by atoms with van der Waals surface area (Å²) in [5.41, 5.74) is 18.7. The lowest BCUT2D eigenvalue weighted by Crippen LogP contribution is -2.26. The van der Waals surface area contributed by atoms with Gasteiger partial charge in [0.1, 0.15) is 12.0 Å². The van der Waals surface area contributed by atoms with Crippen molar-refractivity contribution in [2.24, 2.45) is 10.7 Å². The van der Waals surface area contributed by atoms with Crippen LogP contribution in [-0.2, 0) is 12.0 Å². The molecule has 0 saturated heterocycles. The largest absolute Gasteiger partial charge is 0.366 e. The molecule has 8 rings (SSSR count). The molecule has 0 fully saturated rings. The van der Waals surface area contributed by atoms with Crippen LogP contribution in [-0.4, -0.2) is 10.4 Å². The van der Waals surface area contributed by atoms with Gasteiger partial charge in [-0.3, -0.25) is 0 Å². The number of nitrogens with zero attached hydrogens (tertiary/aromatic N) is 2. The van der Waals surface area contributed by atoms with Gasteiger partial charge in [-0.25, -0.2) is 4.99 Å². The van der Waals surface area contributed by atoms with E-state index in [9.17, 15) is 0 Å². The molecule has 1 aliphatic carbocycles. The molecule has 1 unspecified atom stereocenters. The van der Waals surface area contributed by atoms with E-state index in [1.54, 1.807) is 0 Å². The lowest BCUT2D eigenvalue weighted by molar-refractivity contribution is 0.661. The van der Waals surface area contributed by atoms with Gasteiger partial charge in [0.15, 0.2) is 0 Å². The standard InChI is InChI=1S/C42H36N4/c1-42(2)36-22-11-9-20-32(36)34-26-39-35(25-37(34)42)33-21-10-12-23-38(33)46(39)31-19-13-14-28(24-31)27-44-41(30-17-7-4-8-18-30)45-40(43)29-15-5-3-6-16-29/h3-26,40H,27,43H2,1-2H3,(H,44,45). The first-order valence-corrected chi connectivity index (χ1v) is 15.9. The maximum Gasteiger partial charge on any atom is 0.130 e. The monoisotopic (exact) mass is 596 g/mol. The Morgan fingerprint density at radius 1 is 0.674 bits per heavy atom. The van der Waals surface area contributed by atoms with Crippen molar-refractivity contribution in [3.63, 3.8) is 0 Å². The second-order valence-electron chi connectivity index (χ2n) is 12.7. The summed E-state index contributed by atoms with van der Waals surface area (Å²) >= 11 is 0. The minimum Gasteiger partial charge on any atom is -0.366 e. The summed E-state index contributed by atoms with van der Waals surface area (Å²) in [6.07, 6.45) is -0.468. The Kier molecular flexibility index (Phi) is 6.81. The number of para-hydroxylation sites is 1. The highest BCUT2D eigenvalue weighted by Crippen LogP contribution is 2.50. The van der Waals surface area contributed by atoms with Crippen LogP contribution in [0, 0.1) is 0 Å². The van der Waals surface area contributed by atoms with Crippen molar-refractivity contribution in [1.82, 2.24) is 9.88 Å². The van der Waals surface area contributed by atoms with Crippen molar-refractivity contribution in [2.45, 2.75) is 32.0 Å². The Morgan fingerprint density at radius 2 is 1.39 bits per heavy atom. The lowest BCUT2D eigenvalue weighted by atomic mass is 9.82. The highest BCUT2D eigenvalue weighted by molar-refractivity contribution is 6.11. The predicted octanol–water partition coefficient (Wildman–Crippen LogP) is 9.28. The summed E-state index contributed by atoms with van der Waals surface area (Å²) in [5.74, 6) is 0.774. The molecule has 7 aromatic rings. The SMILES string of the molecule is CC1(C)c2ccccc2-c2cc3c(cc21)c1ccccc1n3-c1cccc(CN/C(=N\C(N)c2ccccc2)c2ccccc2)c1. The molecule has 1 aromatic heterocycles. The normalized spacial score (nSPS) is 14.3. The predicted molar refractivity (Wildman–Crippen MR) is 192 cm³/mol. The highest BCUT2D eigenvalue weighted by atomic mass is 15.1. The number of hydrogen-bond donors (Lipinski definition) is 2. The van der Waals surface area contributed by atoms with Crippen LogP contribution in [0.25, 0.3) is 38.6 Å². The van der Waals surface area contributed by atoms with E-state index in [2.05, 4.69) is 121 Å². The van der Waals surface area contributed by atoms with Gasteiger partial charge in [-0.2, -0.15) is 0 Å². The molecule has 0 amide bonds. The number of amidine groups is 1. The molecule has 1 atom stereocenters. The van der Waals surface area contributed by atoms with Gasteiger partial charge in [0.25, 0.3) is 0 Å². The van der Waals surface area contributed by atoms with Gasteiger partial charge in [0, 0.05) is 34.0 Å². The summed E-state index contributed by atoms with van der Waals surface area (Å²) in [5, 5.41) is 6.17. The summed E-state index contributed by atoms with van der Waals surface area (Å²) in [4.78, 5) is 4.93. The third-order valence-corrected chi connectivity index (χ3v) is 9.46. The van der Waals surface area contributed by atoms with E-state index in [0.29, 0.717) is 6.54 Å². The summed E-state index contributed by atoms with van der Waals surface area (Å²) in [6.45, 7) is 5.30. The number of aliphatic imine (C=N–C) groups is 1. The fourth-order valence-corrected chi connectivity index (χ4v) is 7.11. The maximum atomic E-state index is 6.55. The van der Waals surface area contributed by atoms with Crippen molar-refractivity contribution in [1.29, 1.82) is 0 Å². The van der Waals surface area contributed by atoms with E-state index in [4.69, 9.17) is 10.7 Å². The topological polar surface area (TPSA) is 55.3 Å². The lowest BCUT2D eigenvalue weighted by Gasteiger charge is -2.21. The Labute approximate surface area is 269 Å². The fourth-order valence-electron chi connectivity index (χ4n) is 7.11. The van der Waals surface area contributed by atoms with E-state index in [0.717, 1.165) is 28.2 Å². The first kappa shape index (κ1) is 28.1. The second kappa shape index (κ2) is 11.2. The van der Waals surface area contributed by atoms with Crippen LogP contribution in [0.5, 0.6) is 0 Å². The van der Waals surface area contributed by atoms with Gasteiger partial charge in [-0.15, -0.1) is 0 Å². The number of hydrogen-bond acceptors (Lipinski definition) is 2. The Bertz CT molecular complexity index is 2240. The van der Waals surface area contributed by atoms with E-state index >= 15 is 0 Å². The average molecular weight is 597 g/mol. The van der Waals surface area contributed by atoms with E-state index < -0.39 is 6.17 Å². The molecule has 4 heteroatoms. The first-order valence-electron chi connectivity index (χ1n) is 15.9. The second-order valence-corrected chi connectivity index (χ2v) is 12.7. The van der Waals surface area contributed by atoms with Crippen LogP contribution in [0.15, 0.2) is 151 Å². The Morgan fingerprint density at radius 3 is 2.22 bits per heavy atom. The van der Waals surface area contributed by atoms with Gasteiger partial charge in [0.2, 0.25) is 0 Å². The molecule has 1 heterocycles. The van der Waals surface area contributed by atoms with E-state index in [1.165, 1.54) is 44.1 Å². The number of rotatable bonds is 6. The molecule has 46 heavy (non-hydrogen) atoms. The molecule has 0 saturated carbocycles. The quantitative estimate of drug-likeness (QED) is 0.148. The van der Waals surface area contributed by atoms with Crippen molar-refractivity contribution in [3.8, 4) is 16.8 Å². The summed E-state index contributed by atoms with van der Waals surface area (Å²) < 4.78 is 2.42. The van der Waals surface area contributed by atoms with Gasteiger partial charge < -0.3 is 15.6 Å². The zero-order valence-corrected chi connectivity index (χ0v) is 26.1. The van der Waals surface area contributed by atoms with Crippen LogP contribution >= 0.6 is 0 Å². The van der Waals surface area contributed by atoms with Crippen LogP contribution in [0.3, 0.4) is 0 Å². The molecule has 3 N–H and O–H groups in total. The number of nitrogens with two attached hydrogens (primary N) is 1. The molecule has 0 spiro atoms. The summed E-state index contributed by atoms with van der Waals surface area (Å²) in [7, 11) is 0. The number of aromatic nitrogens is 1. The smallest absolute Gasteiger partial charge is 0.130 e. The molecule has 0 radical (unpaired) electrons. The maximum absolute atomic E-state index is 6.55. The van der Waals surface area contributed by atoms with Gasteiger partial charge >= 0.3 is 0 Å². The number of fused-ring (bicyclic) bond motifs is 6. The molecule has 6 aromatic carbocycles. The fraction of sp³-hybridized carbons (Fsp3) is 0.119. The van der Waals surface area contributed by atoms with Gasteiger partial charge in [0.05, 0.1) is 11.0 Å². The molecule has 4 nitrogen and oxygen atoms in total. The molecule has 0 aliphatic heterocycles. The van der Waals surface area contributed by atoms with Crippen molar-refractivity contribution >= 4 is 27.6 Å². The van der Waals surface area contributed by atoms with Crippen LogP contribution in [0.4, 0.5) is 0 Å². The molecule has 0 bridgehead atoms. The van der Waals surface area contributed by atoms with Gasteiger partial charge in [-0.05, 0) is 63.7 Å².